The third-order valence-electron chi connectivity index (χ3n) is 5.35. The number of hydrogen-bond acceptors (Lipinski definition) is 4. The van der Waals surface area contributed by atoms with E-state index in [0.717, 1.165) is 0 Å². The summed E-state index contributed by atoms with van der Waals surface area (Å²) in [5, 5.41) is 12.5. The van der Waals surface area contributed by atoms with Gasteiger partial charge in [0.05, 0.1) is 24.0 Å². The molecular formula is C19H25N3O4. The first kappa shape index (κ1) is 18.4. The van der Waals surface area contributed by atoms with E-state index < -0.39 is 17.9 Å². The fourth-order valence-electron chi connectivity index (χ4n) is 3.71. The first-order chi connectivity index (χ1) is 12.4. The molecule has 0 radical (unpaired) electrons. The first-order valence-electron chi connectivity index (χ1n) is 9.01. The number of amides is 3. The number of carbonyl (C=O) groups excluding carboxylic acids is 3. The number of aliphatic hydroxyl groups excluding tert-OH is 1. The van der Waals surface area contributed by atoms with Crippen LogP contribution in [-0.2, 0) is 9.59 Å². The molecule has 2 N–H and O–H groups in total. The maximum Gasteiger partial charge on any atom is 0.253 e. The number of piperazine rings is 1. The van der Waals surface area contributed by atoms with Crippen LogP contribution in [0, 0.1) is 11.8 Å². The molecule has 0 saturated carbocycles. The lowest BCUT2D eigenvalue weighted by Crippen LogP contribution is -2.66. The topological polar surface area (TPSA) is 89.9 Å². The molecule has 140 valence electrons. The van der Waals surface area contributed by atoms with Crippen LogP contribution in [0.3, 0.4) is 0 Å². The smallest absolute Gasteiger partial charge is 0.253 e. The Morgan fingerprint density at radius 3 is 2.19 bits per heavy atom. The Bertz CT molecular complexity index is 683. The normalized spacial score (nSPS) is 25.1. The van der Waals surface area contributed by atoms with Crippen LogP contribution in [0.15, 0.2) is 30.3 Å². The zero-order valence-electron chi connectivity index (χ0n) is 15.1. The van der Waals surface area contributed by atoms with E-state index in [0.29, 0.717) is 31.7 Å². The lowest BCUT2D eigenvalue weighted by atomic mass is 9.78. The predicted octanol–water partition coefficient (Wildman–Crippen LogP) is 0.103. The van der Waals surface area contributed by atoms with Crippen molar-refractivity contribution in [2.45, 2.75) is 26.0 Å². The lowest BCUT2D eigenvalue weighted by molar-refractivity contribution is -0.149. The van der Waals surface area contributed by atoms with Gasteiger partial charge in [-0.1, -0.05) is 25.1 Å². The van der Waals surface area contributed by atoms with Gasteiger partial charge >= 0.3 is 0 Å². The fraction of sp³-hybridized carbons (Fsp3) is 0.526. The fourth-order valence-corrected chi connectivity index (χ4v) is 3.71. The molecule has 3 amide bonds. The Morgan fingerprint density at radius 2 is 1.65 bits per heavy atom. The van der Waals surface area contributed by atoms with E-state index >= 15 is 0 Å². The summed E-state index contributed by atoms with van der Waals surface area (Å²) in [6.07, 6.45) is -0.774. The molecule has 3 rings (SSSR count). The van der Waals surface area contributed by atoms with E-state index in [4.69, 9.17) is 0 Å². The summed E-state index contributed by atoms with van der Waals surface area (Å²) < 4.78 is 0. The summed E-state index contributed by atoms with van der Waals surface area (Å²) in [6, 6.07) is 8.78. The second-order valence-electron chi connectivity index (χ2n) is 7.07. The minimum absolute atomic E-state index is 0.0221. The molecule has 2 fully saturated rings. The Balaban J connectivity index is 1.55. The van der Waals surface area contributed by atoms with E-state index in [1.807, 2.05) is 18.2 Å². The van der Waals surface area contributed by atoms with Crippen LogP contribution in [-0.4, -0.2) is 71.0 Å². The van der Waals surface area contributed by atoms with Crippen molar-refractivity contribution in [1.82, 2.24) is 15.1 Å². The number of β-lactam (4-membered cyclic amide) rings is 1. The highest BCUT2D eigenvalue weighted by Crippen LogP contribution is 2.27. The summed E-state index contributed by atoms with van der Waals surface area (Å²) in [7, 11) is 0. The highest BCUT2D eigenvalue weighted by molar-refractivity contribution is 5.94. The predicted molar refractivity (Wildman–Crippen MR) is 95.2 cm³/mol. The number of rotatable bonds is 4. The molecule has 7 nitrogen and oxygen atoms in total. The minimum atomic E-state index is -0.774. The zero-order chi connectivity index (χ0) is 18.8. The highest BCUT2D eigenvalue weighted by atomic mass is 16.3. The standard InChI is InChI=1S/C19H25N3O4/c1-12(16-15(13(2)23)17(24)20-16)18(25)21-8-10-22(11-9-21)19(26)14-6-4-3-5-7-14/h3-7,12-13,15-16,23H,8-11H2,1-2H3,(H,20,24). The third-order valence-corrected chi connectivity index (χ3v) is 5.35. The van der Waals surface area contributed by atoms with Gasteiger partial charge in [-0.15, -0.1) is 0 Å². The van der Waals surface area contributed by atoms with Crippen LogP contribution in [0.4, 0.5) is 0 Å². The molecule has 7 heteroatoms. The Morgan fingerprint density at radius 1 is 1.08 bits per heavy atom. The first-order valence-corrected chi connectivity index (χ1v) is 9.01. The molecule has 1 aromatic carbocycles. The summed E-state index contributed by atoms with van der Waals surface area (Å²) >= 11 is 0. The molecule has 1 aromatic rings. The van der Waals surface area contributed by atoms with Crippen molar-refractivity contribution < 1.29 is 19.5 Å². The Labute approximate surface area is 153 Å². The molecule has 0 aromatic heterocycles. The van der Waals surface area contributed by atoms with Crippen molar-refractivity contribution in [3.05, 3.63) is 35.9 Å². The second kappa shape index (κ2) is 7.45. The average Bonchev–Trinajstić information content (AvgIpc) is 2.64. The maximum atomic E-state index is 12.7. The average molecular weight is 359 g/mol. The molecule has 0 spiro atoms. The van der Waals surface area contributed by atoms with Crippen molar-refractivity contribution in [1.29, 1.82) is 0 Å². The molecule has 26 heavy (non-hydrogen) atoms. The monoisotopic (exact) mass is 359 g/mol. The van der Waals surface area contributed by atoms with Crippen LogP contribution in [0.5, 0.6) is 0 Å². The summed E-state index contributed by atoms with van der Waals surface area (Å²) in [5.41, 5.74) is 0.651. The van der Waals surface area contributed by atoms with Gasteiger partial charge in [0, 0.05) is 31.7 Å². The van der Waals surface area contributed by atoms with Gasteiger partial charge in [0.2, 0.25) is 11.8 Å². The summed E-state index contributed by atoms with van der Waals surface area (Å²) in [6.45, 7) is 5.28. The van der Waals surface area contributed by atoms with Crippen molar-refractivity contribution in [3.8, 4) is 0 Å². The summed E-state index contributed by atoms with van der Waals surface area (Å²) in [5.74, 6) is -1.21. The van der Waals surface area contributed by atoms with Gasteiger partial charge in [-0.3, -0.25) is 14.4 Å². The molecule has 2 saturated heterocycles. The quantitative estimate of drug-likeness (QED) is 0.747. The summed E-state index contributed by atoms with van der Waals surface area (Å²) in [4.78, 5) is 40.3. The van der Waals surface area contributed by atoms with Gasteiger partial charge < -0.3 is 20.2 Å². The molecule has 0 bridgehead atoms. The van der Waals surface area contributed by atoms with Gasteiger partial charge in [0.1, 0.15) is 0 Å². The largest absolute Gasteiger partial charge is 0.393 e. The number of nitrogens with one attached hydrogen (secondary N) is 1. The maximum absolute atomic E-state index is 12.7. The van der Waals surface area contributed by atoms with Crippen LogP contribution >= 0.6 is 0 Å². The number of nitrogens with zero attached hydrogens (tertiary/aromatic N) is 2. The number of carbonyl (C=O) groups is 3. The van der Waals surface area contributed by atoms with Crippen LogP contribution in [0.1, 0.15) is 24.2 Å². The van der Waals surface area contributed by atoms with E-state index in [-0.39, 0.29) is 23.8 Å². The zero-order valence-corrected chi connectivity index (χ0v) is 15.1. The lowest BCUT2D eigenvalue weighted by Gasteiger charge is -2.43. The number of hydrogen-bond donors (Lipinski definition) is 2. The molecule has 2 aliphatic rings. The molecule has 2 aliphatic heterocycles. The van der Waals surface area contributed by atoms with E-state index in [2.05, 4.69) is 5.32 Å². The van der Waals surface area contributed by atoms with Gasteiger partial charge in [0.25, 0.3) is 5.91 Å². The van der Waals surface area contributed by atoms with E-state index in [9.17, 15) is 19.5 Å². The Kier molecular flexibility index (Phi) is 5.27. The molecule has 4 atom stereocenters. The molecular weight excluding hydrogens is 334 g/mol. The van der Waals surface area contributed by atoms with Crippen LogP contribution in [0.25, 0.3) is 0 Å². The number of benzene rings is 1. The van der Waals surface area contributed by atoms with Crippen molar-refractivity contribution in [2.75, 3.05) is 26.2 Å². The third kappa shape index (κ3) is 3.44. The Hall–Kier alpha value is -2.41. The van der Waals surface area contributed by atoms with Crippen molar-refractivity contribution in [3.63, 3.8) is 0 Å². The highest BCUT2D eigenvalue weighted by Gasteiger charge is 2.48. The molecule has 0 aliphatic carbocycles. The van der Waals surface area contributed by atoms with E-state index in [1.54, 1.807) is 35.8 Å². The number of aliphatic hydroxyl groups is 1. The van der Waals surface area contributed by atoms with Crippen molar-refractivity contribution in [2.24, 2.45) is 11.8 Å². The van der Waals surface area contributed by atoms with E-state index in [1.165, 1.54) is 0 Å². The van der Waals surface area contributed by atoms with Gasteiger partial charge in [-0.2, -0.15) is 0 Å². The van der Waals surface area contributed by atoms with Crippen LogP contribution < -0.4 is 5.32 Å². The van der Waals surface area contributed by atoms with Gasteiger partial charge in [0.15, 0.2) is 0 Å². The minimum Gasteiger partial charge on any atom is -0.393 e. The molecule has 2 heterocycles. The van der Waals surface area contributed by atoms with Crippen LogP contribution in [0.2, 0.25) is 0 Å². The van der Waals surface area contributed by atoms with Gasteiger partial charge in [-0.05, 0) is 19.1 Å². The van der Waals surface area contributed by atoms with Crippen molar-refractivity contribution >= 4 is 17.7 Å². The molecule has 4 unspecified atom stereocenters. The van der Waals surface area contributed by atoms with Gasteiger partial charge in [-0.25, -0.2) is 0 Å². The SMILES string of the molecule is CC(O)C1C(=O)NC1C(C)C(=O)N1CCN(C(=O)c2ccccc2)CC1. The second-order valence-corrected chi connectivity index (χ2v) is 7.07.